The standard InChI is InChI=1S/C19H12ClNO2S/c20-14-7-5-6-13(12-14)19(22)21-15-8-1-3-10-17(15)24(23)18-11-4-2-9-16(18)21/h1-12H. The molecule has 1 amide bonds. The molecule has 0 saturated carbocycles. The fourth-order valence-corrected chi connectivity index (χ4v) is 4.35. The fraction of sp³-hybridized carbons (Fsp3) is 0. The lowest BCUT2D eigenvalue weighted by atomic mass is 10.1. The van der Waals surface area contributed by atoms with E-state index in [1.165, 1.54) is 0 Å². The van der Waals surface area contributed by atoms with Gasteiger partial charge in [-0.25, -0.2) is 4.21 Å². The van der Waals surface area contributed by atoms with Gasteiger partial charge in [0.1, 0.15) is 0 Å². The first-order chi connectivity index (χ1) is 11.7. The molecule has 3 nitrogen and oxygen atoms in total. The van der Waals surface area contributed by atoms with Crippen molar-refractivity contribution in [3.63, 3.8) is 0 Å². The highest BCUT2D eigenvalue weighted by atomic mass is 35.5. The van der Waals surface area contributed by atoms with E-state index in [4.69, 9.17) is 11.6 Å². The normalized spacial score (nSPS) is 13.3. The molecular weight excluding hydrogens is 342 g/mol. The molecule has 5 heteroatoms. The average molecular weight is 354 g/mol. The van der Waals surface area contributed by atoms with Gasteiger partial charge in [-0.1, -0.05) is 41.9 Å². The van der Waals surface area contributed by atoms with E-state index >= 15 is 0 Å². The third-order valence-corrected chi connectivity index (χ3v) is 5.61. The Morgan fingerprint density at radius 1 is 0.833 bits per heavy atom. The van der Waals surface area contributed by atoms with Crippen LogP contribution >= 0.6 is 11.6 Å². The zero-order valence-corrected chi connectivity index (χ0v) is 14.1. The molecule has 1 aliphatic rings. The van der Waals surface area contributed by atoms with Crippen LogP contribution in [-0.2, 0) is 10.8 Å². The van der Waals surface area contributed by atoms with Crippen LogP contribution < -0.4 is 4.90 Å². The van der Waals surface area contributed by atoms with E-state index in [-0.39, 0.29) is 5.91 Å². The molecule has 0 aliphatic carbocycles. The Bertz CT molecular complexity index is 937. The van der Waals surface area contributed by atoms with Gasteiger partial charge in [0.05, 0.1) is 32.0 Å². The molecular formula is C19H12ClNO2S. The molecule has 1 heterocycles. The molecule has 0 N–H and O–H groups in total. The quantitative estimate of drug-likeness (QED) is 0.630. The summed E-state index contributed by atoms with van der Waals surface area (Å²) in [6.45, 7) is 0. The zero-order valence-electron chi connectivity index (χ0n) is 12.5. The molecule has 3 aromatic rings. The van der Waals surface area contributed by atoms with E-state index < -0.39 is 10.8 Å². The Kier molecular flexibility index (Phi) is 3.71. The predicted octanol–water partition coefficient (Wildman–Crippen LogP) is 4.80. The highest BCUT2D eigenvalue weighted by Crippen LogP contribution is 2.42. The molecule has 24 heavy (non-hydrogen) atoms. The van der Waals surface area contributed by atoms with Crippen LogP contribution in [0.4, 0.5) is 11.4 Å². The van der Waals surface area contributed by atoms with Crippen LogP contribution in [0.5, 0.6) is 0 Å². The van der Waals surface area contributed by atoms with Crippen molar-refractivity contribution in [2.24, 2.45) is 0 Å². The summed E-state index contributed by atoms with van der Waals surface area (Å²) in [5.41, 5.74) is 1.76. The van der Waals surface area contributed by atoms with Crippen LogP contribution in [0.1, 0.15) is 10.4 Å². The number of hydrogen-bond acceptors (Lipinski definition) is 2. The van der Waals surface area contributed by atoms with E-state index in [9.17, 15) is 9.00 Å². The van der Waals surface area contributed by atoms with Crippen molar-refractivity contribution in [2.45, 2.75) is 9.79 Å². The lowest BCUT2D eigenvalue weighted by molar-refractivity contribution is 0.0998. The summed E-state index contributed by atoms with van der Waals surface area (Å²) in [7, 11) is -1.31. The Hall–Kier alpha value is -2.43. The summed E-state index contributed by atoms with van der Waals surface area (Å²) < 4.78 is 12.8. The molecule has 0 radical (unpaired) electrons. The number of amides is 1. The van der Waals surface area contributed by atoms with E-state index in [1.807, 2.05) is 36.4 Å². The van der Waals surface area contributed by atoms with Crippen LogP contribution in [-0.4, -0.2) is 10.1 Å². The number of benzene rings is 3. The van der Waals surface area contributed by atoms with Crippen molar-refractivity contribution < 1.29 is 9.00 Å². The second-order valence-electron chi connectivity index (χ2n) is 5.36. The van der Waals surface area contributed by atoms with Gasteiger partial charge in [-0.15, -0.1) is 0 Å². The maximum Gasteiger partial charge on any atom is 0.262 e. The number of nitrogens with zero attached hydrogens (tertiary/aromatic N) is 1. The first-order valence-electron chi connectivity index (χ1n) is 7.36. The van der Waals surface area contributed by atoms with E-state index in [2.05, 4.69) is 0 Å². The SMILES string of the molecule is O=C(c1cccc(Cl)c1)N1c2ccccc2S(=O)c2ccccc21. The van der Waals surface area contributed by atoms with E-state index in [0.29, 0.717) is 31.8 Å². The maximum atomic E-state index is 13.2. The van der Waals surface area contributed by atoms with Gasteiger partial charge in [0, 0.05) is 10.6 Å². The van der Waals surface area contributed by atoms with Crippen LogP contribution in [0.3, 0.4) is 0 Å². The van der Waals surface area contributed by atoms with Gasteiger partial charge in [-0.05, 0) is 42.5 Å². The number of halogens is 1. The van der Waals surface area contributed by atoms with Crippen molar-refractivity contribution in [3.8, 4) is 0 Å². The second-order valence-corrected chi connectivity index (χ2v) is 7.21. The smallest absolute Gasteiger partial charge is 0.262 e. The summed E-state index contributed by atoms with van der Waals surface area (Å²) in [5.74, 6) is -0.200. The summed E-state index contributed by atoms with van der Waals surface area (Å²) in [5, 5.41) is 0.503. The molecule has 1 aliphatic heterocycles. The van der Waals surface area contributed by atoms with Crippen molar-refractivity contribution >= 4 is 39.7 Å². The maximum absolute atomic E-state index is 13.2. The summed E-state index contributed by atoms with van der Waals surface area (Å²) in [6, 6.07) is 21.4. The number of anilines is 2. The van der Waals surface area contributed by atoms with Crippen LogP contribution in [0.15, 0.2) is 82.6 Å². The average Bonchev–Trinajstić information content (AvgIpc) is 2.62. The topological polar surface area (TPSA) is 37.4 Å². The molecule has 0 aromatic heterocycles. The van der Waals surface area contributed by atoms with Gasteiger partial charge in [0.25, 0.3) is 5.91 Å². The van der Waals surface area contributed by atoms with Gasteiger partial charge in [0.2, 0.25) is 0 Å². The Labute approximate surface area is 147 Å². The molecule has 4 rings (SSSR count). The zero-order chi connectivity index (χ0) is 16.7. The number of carbonyl (C=O) groups is 1. The summed E-state index contributed by atoms with van der Waals surface area (Å²) in [6.07, 6.45) is 0. The van der Waals surface area contributed by atoms with Gasteiger partial charge >= 0.3 is 0 Å². The fourth-order valence-electron chi connectivity index (χ4n) is 2.81. The van der Waals surface area contributed by atoms with Crippen molar-refractivity contribution in [2.75, 3.05) is 4.90 Å². The Morgan fingerprint density at radius 3 is 2.00 bits per heavy atom. The van der Waals surface area contributed by atoms with Crippen LogP contribution in [0, 0.1) is 0 Å². The number of para-hydroxylation sites is 2. The monoisotopic (exact) mass is 353 g/mol. The molecule has 3 aromatic carbocycles. The lowest BCUT2D eigenvalue weighted by Gasteiger charge is -2.31. The molecule has 0 atom stereocenters. The van der Waals surface area contributed by atoms with Crippen molar-refractivity contribution in [1.29, 1.82) is 0 Å². The molecule has 0 saturated heterocycles. The van der Waals surface area contributed by atoms with Crippen LogP contribution in [0.25, 0.3) is 0 Å². The second kappa shape index (κ2) is 5.89. The molecule has 0 unspecified atom stereocenters. The third kappa shape index (κ3) is 2.35. The molecule has 0 bridgehead atoms. The highest BCUT2D eigenvalue weighted by Gasteiger charge is 2.32. The largest absolute Gasteiger partial charge is 0.275 e. The van der Waals surface area contributed by atoms with Gasteiger partial charge in [0.15, 0.2) is 0 Å². The minimum absolute atomic E-state index is 0.200. The van der Waals surface area contributed by atoms with Gasteiger partial charge < -0.3 is 0 Å². The first-order valence-corrected chi connectivity index (χ1v) is 8.89. The number of fused-ring (bicyclic) bond motifs is 2. The van der Waals surface area contributed by atoms with Crippen LogP contribution in [0.2, 0.25) is 5.02 Å². The molecule has 0 fully saturated rings. The minimum atomic E-state index is -1.31. The van der Waals surface area contributed by atoms with E-state index in [1.54, 1.807) is 41.3 Å². The molecule has 0 spiro atoms. The summed E-state index contributed by atoms with van der Waals surface area (Å²) >= 11 is 6.03. The minimum Gasteiger partial charge on any atom is -0.275 e. The highest BCUT2D eigenvalue weighted by molar-refractivity contribution is 7.85. The van der Waals surface area contributed by atoms with Crippen molar-refractivity contribution in [1.82, 2.24) is 0 Å². The van der Waals surface area contributed by atoms with Crippen molar-refractivity contribution in [3.05, 3.63) is 83.4 Å². The third-order valence-electron chi connectivity index (χ3n) is 3.89. The first kappa shape index (κ1) is 15.1. The number of carbonyl (C=O) groups excluding carboxylic acids is 1. The van der Waals surface area contributed by atoms with Gasteiger partial charge in [-0.3, -0.25) is 9.69 Å². The Balaban J connectivity index is 1.94. The van der Waals surface area contributed by atoms with E-state index in [0.717, 1.165) is 0 Å². The van der Waals surface area contributed by atoms with Gasteiger partial charge in [-0.2, -0.15) is 0 Å². The molecule has 118 valence electrons. The number of hydrogen-bond donors (Lipinski definition) is 0. The lowest BCUT2D eigenvalue weighted by Crippen LogP contribution is -2.30. The summed E-state index contributed by atoms with van der Waals surface area (Å²) in [4.78, 5) is 16.0. The number of rotatable bonds is 1. The predicted molar refractivity (Wildman–Crippen MR) is 95.5 cm³/mol. The Morgan fingerprint density at radius 2 is 1.42 bits per heavy atom.